The topological polar surface area (TPSA) is 93.1 Å². The van der Waals surface area contributed by atoms with Crippen LogP contribution in [0.4, 0.5) is 23.4 Å². The van der Waals surface area contributed by atoms with E-state index in [0.717, 1.165) is 23.6 Å². The Morgan fingerprint density at radius 2 is 1.92 bits per heavy atom. The van der Waals surface area contributed by atoms with Crippen LogP contribution in [0, 0.1) is 12.7 Å². The van der Waals surface area contributed by atoms with Gasteiger partial charge in [0.2, 0.25) is 11.8 Å². The maximum Gasteiger partial charge on any atom is 0.574 e. The van der Waals surface area contributed by atoms with E-state index in [1.807, 2.05) is 13.0 Å². The van der Waals surface area contributed by atoms with Crippen LogP contribution in [0.25, 0.3) is 11.4 Å². The molecule has 0 fully saturated rings. The number of hydrogen-bond acceptors (Lipinski definition) is 7. The number of rotatable bonds is 4. The van der Waals surface area contributed by atoms with Crippen molar-refractivity contribution in [3.63, 3.8) is 0 Å². The smallest absolute Gasteiger partial charge is 0.388 e. The quantitative estimate of drug-likeness (QED) is 0.519. The molecule has 36 heavy (non-hydrogen) atoms. The predicted molar refractivity (Wildman–Crippen MR) is 122 cm³/mol. The zero-order valence-electron chi connectivity index (χ0n) is 19.6. The van der Waals surface area contributed by atoms with Crippen molar-refractivity contribution in [3.05, 3.63) is 59.4 Å². The Morgan fingerprint density at radius 1 is 1.17 bits per heavy atom. The second kappa shape index (κ2) is 10.4. The Morgan fingerprint density at radius 3 is 2.64 bits per heavy atom. The molecule has 0 aromatic carbocycles. The van der Waals surface area contributed by atoms with Gasteiger partial charge in [0.15, 0.2) is 5.82 Å². The third-order valence-electron chi connectivity index (χ3n) is 5.89. The lowest BCUT2D eigenvalue weighted by molar-refractivity contribution is -0.276. The fraction of sp³-hybridized carbons (Fsp3) is 0.375. The highest BCUT2D eigenvalue weighted by Crippen LogP contribution is 2.29. The Bertz CT molecular complexity index is 1240. The van der Waals surface area contributed by atoms with E-state index in [4.69, 9.17) is 0 Å². The lowest BCUT2D eigenvalue weighted by atomic mass is 10.00. The third kappa shape index (κ3) is 5.86. The highest BCUT2D eigenvalue weighted by Gasteiger charge is 2.33. The molecule has 0 aliphatic carbocycles. The Hall–Kier alpha value is -3.83. The summed E-state index contributed by atoms with van der Waals surface area (Å²) in [6.07, 6.45) is 1.11. The zero-order chi connectivity index (χ0) is 25.9. The molecule has 0 spiro atoms. The molecular formula is C24H24F4N6O2. The summed E-state index contributed by atoms with van der Waals surface area (Å²) in [5, 5.41) is 3.19. The Balaban J connectivity index is 1.54. The van der Waals surface area contributed by atoms with Gasteiger partial charge in [-0.1, -0.05) is 0 Å². The largest absolute Gasteiger partial charge is 0.574 e. The number of fused-ring (bicyclic) bond motifs is 1. The summed E-state index contributed by atoms with van der Waals surface area (Å²) in [5.41, 5.74) is 2.27. The number of nitrogens with one attached hydrogen (secondary N) is 1. The van der Waals surface area contributed by atoms with Crippen molar-refractivity contribution in [2.75, 3.05) is 18.5 Å². The van der Waals surface area contributed by atoms with Crippen LogP contribution in [0.1, 0.15) is 42.5 Å². The molecule has 0 saturated carbocycles. The summed E-state index contributed by atoms with van der Waals surface area (Å²) in [7, 11) is 0. The monoisotopic (exact) mass is 504 g/mol. The number of ether oxygens (including phenoxy) is 1. The van der Waals surface area contributed by atoms with Gasteiger partial charge in [0.05, 0.1) is 24.5 Å². The molecule has 1 aliphatic heterocycles. The van der Waals surface area contributed by atoms with Gasteiger partial charge in [0.1, 0.15) is 11.6 Å². The first-order valence-electron chi connectivity index (χ1n) is 11.3. The maximum atomic E-state index is 14.4. The normalized spacial score (nSPS) is 15.1. The van der Waals surface area contributed by atoms with Crippen LogP contribution in [-0.4, -0.2) is 50.3 Å². The van der Waals surface area contributed by atoms with Gasteiger partial charge in [-0.2, -0.15) is 0 Å². The minimum atomic E-state index is -4.98. The fourth-order valence-electron chi connectivity index (χ4n) is 4.06. The molecular weight excluding hydrogens is 480 g/mol. The van der Waals surface area contributed by atoms with E-state index in [1.54, 1.807) is 18.5 Å². The standard InChI is InChI=1S/C24H24F4N6O2/c1-14(17-11-20(31-12-19(17)25)36-24(26,27)28)23(35)34-9-4-3-6-16-10-18(22-29-7-5-8-30-22)15(2)33-21(16)32-13-34/h5,7-8,10-12,14H,3-4,6,9,13H2,1-2H3,(H,32,33)/t14-/m0/s1. The van der Waals surface area contributed by atoms with E-state index in [0.29, 0.717) is 42.9 Å². The summed E-state index contributed by atoms with van der Waals surface area (Å²) in [6.45, 7) is 3.77. The number of hydrogen-bond donors (Lipinski definition) is 1. The van der Waals surface area contributed by atoms with Gasteiger partial charge in [0.25, 0.3) is 0 Å². The number of anilines is 1. The maximum absolute atomic E-state index is 14.4. The summed E-state index contributed by atoms with van der Waals surface area (Å²) >= 11 is 0. The number of amides is 1. The predicted octanol–water partition coefficient (Wildman–Crippen LogP) is 4.62. The lowest BCUT2D eigenvalue weighted by Crippen LogP contribution is -2.39. The molecule has 0 bridgehead atoms. The van der Waals surface area contributed by atoms with Gasteiger partial charge in [-0.15, -0.1) is 13.2 Å². The molecule has 3 aromatic rings. The van der Waals surface area contributed by atoms with E-state index >= 15 is 0 Å². The van der Waals surface area contributed by atoms with Crippen LogP contribution in [0.5, 0.6) is 5.88 Å². The van der Waals surface area contributed by atoms with Crippen molar-refractivity contribution in [3.8, 4) is 17.3 Å². The average molecular weight is 504 g/mol. The van der Waals surface area contributed by atoms with Gasteiger partial charge in [0, 0.05) is 36.1 Å². The van der Waals surface area contributed by atoms with Gasteiger partial charge in [-0.05, 0) is 50.8 Å². The molecule has 190 valence electrons. The first-order chi connectivity index (χ1) is 17.1. The highest BCUT2D eigenvalue weighted by molar-refractivity contribution is 5.83. The molecule has 1 aliphatic rings. The van der Waals surface area contributed by atoms with Crippen molar-refractivity contribution in [2.45, 2.75) is 45.4 Å². The van der Waals surface area contributed by atoms with Gasteiger partial charge < -0.3 is 15.0 Å². The van der Waals surface area contributed by atoms with E-state index in [9.17, 15) is 22.4 Å². The summed E-state index contributed by atoms with van der Waals surface area (Å²) < 4.78 is 55.9. The number of alkyl halides is 3. The van der Waals surface area contributed by atoms with Crippen LogP contribution in [0.2, 0.25) is 0 Å². The van der Waals surface area contributed by atoms with Gasteiger partial charge in [-0.3, -0.25) is 4.79 Å². The SMILES string of the molecule is Cc1nc2c(cc1-c1ncccn1)CCCCN(C(=O)[C@@H](C)c1cc(OC(F)(F)F)ncc1F)CN2. The number of halogens is 4. The van der Waals surface area contributed by atoms with E-state index in [-0.39, 0.29) is 12.2 Å². The molecule has 1 atom stereocenters. The molecule has 0 unspecified atom stereocenters. The molecule has 12 heteroatoms. The molecule has 1 amide bonds. The van der Waals surface area contributed by atoms with Crippen LogP contribution in [0.15, 0.2) is 36.8 Å². The Kier molecular flexibility index (Phi) is 7.32. The second-order valence-electron chi connectivity index (χ2n) is 8.41. The summed E-state index contributed by atoms with van der Waals surface area (Å²) in [6, 6.07) is 4.54. The first-order valence-corrected chi connectivity index (χ1v) is 11.3. The van der Waals surface area contributed by atoms with E-state index in [1.165, 1.54) is 11.8 Å². The number of aryl methyl sites for hydroxylation is 2. The second-order valence-corrected chi connectivity index (χ2v) is 8.41. The lowest BCUT2D eigenvalue weighted by Gasteiger charge is -2.26. The number of carbonyl (C=O) groups excluding carboxylic acids is 1. The average Bonchev–Trinajstić information content (AvgIpc) is 2.94. The molecule has 0 saturated heterocycles. The van der Waals surface area contributed by atoms with Crippen molar-refractivity contribution in [2.24, 2.45) is 0 Å². The van der Waals surface area contributed by atoms with Crippen LogP contribution >= 0.6 is 0 Å². The summed E-state index contributed by atoms with van der Waals surface area (Å²) in [5.74, 6) is -2.02. The van der Waals surface area contributed by atoms with Crippen molar-refractivity contribution < 1.29 is 27.1 Å². The number of nitrogens with zero attached hydrogens (tertiary/aromatic N) is 5. The van der Waals surface area contributed by atoms with Crippen LogP contribution in [-0.2, 0) is 11.2 Å². The van der Waals surface area contributed by atoms with Crippen molar-refractivity contribution >= 4 is 11.7 Å². The number of pyridine rings is 2. The molecule has 4 heterocycles. The molecule has 4 rings (SSSR count). The van der Waals surface area contributed by atoms with Crippen molar-refractivity contribution in [1.82, 2.24) is 24.8 Å². The molecule has 3 aromatic heterocycles. The first kappa shape index (κ1) is 25.3. The summed E-state index contributed by atoms with van der Waals surface area (Å²) in [4.78, 5) is 31.3. The van der Waals surface area contributed by atoms with Crippen LogP contribution < -0.4 is 10.1 Å². The third-order valence-corrected chi connectivity index (χ3v) is 5.89. The zero-order valence-corrected chi connectivity index (χ0v) is 19.6. The highest BCUT2D eigenvalue weighted by atomic mass is 19.4. The fourth-order valence-corrected chi connectivity index (χ4v) is 4.06. The van der Waals surface area contributed by atoms with E-state index < -0.39 is 29.9 Å². The minimum absolute atomic E-state index is 0.0996. The van der Waals surface area contributed by atoms with Crippen molar-refractivity contribution in [1.29, 1.82) is 0 Å². The molecule has 1 N–H and O–H groups in total. The van der Waals surface area contributed by atoms with Gasteiger partial charge in [-0.25, -0.2) is 24.3 Å². The number of aromatic nitrogens is 4. The Labute approximate surface area is 204 Å². The van der Waals surface area contributed by atoms with Crippen LogP contribution in [0.3, 0.4) is 0 Å². The number of carbonyl (C=O) groups is 1. The van der Waals surface area contributed by atoms with E-state index in [2.05, 4.69) is 30.0 Å². The minimum Gasteiger partial charge on any atom is -0.388 e. The molecule has 0 radical (unpaired) electrons. The van der Waals surface area contributed by atoms with Gasteiger partial charge >= 0.3 is 6.36 Å². The molecule has 8 nitrogen and oxygen atoms in total.